The number of rotatable bonds is 5. The number of benzene rings is 1. The highest BCUT2D eigenvalue weighted by atomic mass is 35.5. The smallest absolute Gasteiger partial charge is 0.0406 e. The maximum absolute atomic E-state index is 5.89. The van der Waals surface area contributed by atoms with E-state index in [9.17, 15) is 0 Å². The summed E-state index contributed by atoms with van der Waals surface area (Å²) in [5, 5.41) is 0.783. The SMILES string of the molecule is CC(c1ccc(Cl)cc1)N(C)CC(C)(C)CN. The third kappa shape index (κ3) is 4.30. The molecule has 0 bridgehead atoms. The Bertz CT molecular complexity index is 346. The van der Waals surface area contributed by atoms with E-state index in [1.54, 1.807) is 0 Å². The second-order valence-electron chi connectivity index (χ2n) is 5.51. The van der Waals surface area contributed by atoms with E-state index in [4.69, 9.17) is 17.3 Å². The highest BCUT2D eigenvalue weighted by Crippen LogP contribution is 2.24. The largest absolute Gasteiger partial charge is 0.330 e. The molecule has 0 spiro atoms. The van der Waals surface area contributed by atoms with Crippen LogP contribution in [0.15, 0.2) is 24.3 Å². The molecular weight excluding hydrogens is 232 g/mol. The Kier molecular flexibility index (Phi) is 4.99. The van der Waals surface area contributed by atoms with E-state index < -0.39 is 0 Å². The molecule has 0 fully saturated rings. The van der Waals surface area contributed by atoms with Gasteiger partial charge in [0.25, 0.3) is 0 Å². The van der Waals surface area contributed by atoms with Crippen molar-refractivity contribution in [3.05, 3.63) is 34.9 Å². The molecule has 1 aromatic carbocycles. The molecule has 0 saturated heterocycles. The van der Waals surface area contributed by atoms with Gasteiger partial charge in [0, 0.05) is 17.6 Å². The van der Waals surface area contributed by atoms with Crippen molar-refractivity contribution in [3.63, 3.8) is 0 Å². The Balaban J connectivity index is 2.69. The third-order valence-corrected chi connectivity index (χ3v) is 3.50. The normalized spacial score (nSPS) is 14.1. The first-order valence-electron chi connectivity index (χ1n) is 6.01. The van der Waals surface area contributed by atoms with Crippen LogP contribution in [0.1, 0.15) is 32.4 Å². The van der Waals surface area contributed by atoms with E-state index in [1.807, 2.05) is 12.1 Å². The predicted octanol–water partition coefficient (Wildman–Crippen LogP) is 3.32. The quantitative estimate of drug-likeness (QED) is 0.874. The Morgan fingerprint density at radius 1 is 1.29 bits per heavy atom. The summed E-state index contributed by atoms with van der Waals surface area (Å²) in [6.07, 6.45) is 0. The van der Waals surface area contributed by atoms with Gasteiger partial charge in [-0.05, 0) is 43.6 Å². The zero-order valence-electron chi connectivity index (χ0n) is 11.2. The van der Waals surface area contributed by atoms with Crippen molar-refractivity contribution in [2.75, 3.05) is 20.1 Å². The summed E-state index contributed by atoms with van der Waals surface area (Å²) in [5.74, 6) is 0. The van der Waals surface area contributed by atoms with Crippen molar-refractivity contribution in [2.45, 2.75) is 26.8 Å². The summed E-state index contributed by atoms with van der Waals surface area (Å²) in [4.78, 5) is 2.33. The lowest BCUT2D eigenvalue weighted by Gasteiger charge is -2.33. The van der Waals surface area contributed by atoms with Crippen molar-refractivity contribution in [2.24, 2.45) is 11.1 Å². The van der Waals surface area contributed by atoms with Gasteiger partial charge in [-0.2, -0.15) is 0 Å². The fourth-order valence-electron chi connectivity index (χ4n) is 1.87. The molecule has 0 saturated carbocycles. The zero-order valence-corrected chi connectivity index (χ0v) is 12.0. The maximum atomic E-state index is 5.89. The van der Waals surface area contributed by atoms with Crippen LogP contribution in [0.4, 0.5) is 0 Å². The van der Waals surface area contributed by atoms with Crippen LogP contribution >= 0.6 is 11.6 Å². The van der Waals surface area contributed by atoms with Crippen LogP contribution in [0.5, 0.6) is 0 Å². The Hall–Kier alpha value is -0.570. The van der Waals surface area contributed by atoms with Gasteiger partial charge in [-0.25, -0.2) is 0 Å². The first-order chi connectivity index (χ1) is 7.85. The summed E-state index contributed by atoms with van der Waals surface area (Å²) < 4.78 is 0. The molecule has 2 nitrogen and oxygen atoms in total. The highest BCUT2D eigenvalue weighted by molar-refractivity contribution is 6.30. The maximum Gasteiger partial charge on any atom is 0.0406 e. The molecular formula is C14H23ClN2. The van der Waals surface area contributed by atoms with Crippen molar-refractivity contribution in [1.82, 2.24) is 4.90 Å². The van der Waals surface area contributed by atoms with Gasteiger partial charge in [-0.15, -0.1) is 0 Å². The van der Waals surface area contributed by atoms with Crippen LogP contribution in [0.3, 0.4) is 0 Å². The van der Waals surface area contributed by atoms with Crippen LogP contribution in [0.25, 0.3) is 0 Å². The first-order valence-corrected chi connectivity index (χ1v) is 6.39. The van der Waals surface area contributed by atoms with Crippen LogP contribution in [0, 0.1) is 5.41 Å². The van der Waals surface area contributed by atoms with E-state index in [1.165, 1.54) is 5.56 Å². The van der Waals surface area contributed by atoms with Crippen molar-refractivity contribution >= 4 is 11.6 Å². The molecule has 96 valence electrons. The fourth-order valence-corrected chi connectivity index (χ4v) is 2.00. The molecule has 1 atom stereocenters. The molecule has 3 heteroatoms. The number of nitrogens with two attached hydrogens (primary N) is 1. The second kappa shape index (κ2) is 5.85. The Labute approximate surface area is 110 Å². The minimum Gasteiger partial charge on any atom is -0.330 e. The van der Waals surface area contributed by atoms with Crippen molar-refractivity contribution < 1.29 is 0 Å². The molecule has 0 aliphatic carbocycles. The molecule has 17 heavy (non-hydrogen) atoms. The van der Waals surface area contributed by atoms with Gasteiger partial charge in [0.1, 0.15) is 0 Å². The molecule has 1 aromatic rings. The first kappa shape index (κ1) is 14.5. The molecule has 0 amide bonds. The second-order valence-corrected chi connectivity index (χ2v) is 5.95. The minimum absolute atomic E-state index is 0.148. The average molecular weight is 255 g/mol. The standard InChI is InChI=1S/C14H23ClN2/c1-11(12-5-7-13(15)8-6-12)17(4)10-14(2,3)9-16/h5-8,11H,9-10,16H2,1-4H3. The molecule has 0 radical (unpaired) electrons. The monoisotopic (exact) mass is 254 g/mol. The highest BCUT2D eigenvalue weighted by Gasteiger charge is 2.21. The molecule has 0 aliphatic heterocycles. The lowest BCUT2D eigenvalue weighted by molar-refractivity contribution is 0.174. The van der Waals surface area contributed by atoms with Gasteiger partial charge < -0.3 is 5.73 Å². The number of nitrogens with zero attached hydrogens (tertiary/aromatic N) is 1. The topological polar surface area (TPSA) is 29.3 Å². The Morgan fingerprint density at radius 2 is 1.82 bits per heavy atom. The van der Waals surface area contributed by atoms with Crippen LogP contribution in [-0.2, 0) is 0 Å². The lowest BCUT2D eigenvalue weighted by atomic mass is 9.92. The molecule has 2 N–H and O–H groups in total. The van der Waals surface area contributed by atoms with Crippen LogP contribution in [0.2, 0.25) is 5.02 Å². The molecule has 0 heterocycles. The zero-order chi connectivity index (χ0) is 13.1. The Morgan fingerprint density at radius 3 is 2.29 bits per heavy atom. The van der Waals surface area contributed by atoms with E-state index in [2.05, 4.69) is 44.9 Å². The van der Waals surface area contributed by atoms with Crippen molar-refractivity contribution in [1.29, 1.82) is 0 Å². The summed E-state index contributed by atoms with van der Waals surface area (Å²) in [7, 11) is 2.14. The number of hydrogen-bond acceptors (Lipinski definition) is 2. The van der Waals surface area contributed by atoms with E-state index in [0.717, 1.165) is 11.6 Å². The van der Waals surface area contributed by atoms with Crippen LogP contribution in [-0.4, -0.2) is 25.0 Å². The van der Waals surface area contributed by atoms with Gasteiger partial charge in [0.2, 0.25) is 0 Å². The van der Waals surface area contributed by atoms with Gasteiger partial charge in [0.05, 0.1) is 0 Å². The summed E-state index contributed by atoms with van der Waals surface area (Å²) in [6.45, 7) is 8.27. The molecule has 1 unspecified atom stereocenters. The summed E-state index contributed by atoms with van der Waals surface area (Å²) in [5.41, 5.74) is 7.20. The average Bonchev–Trinajstić information content (AvgIpc) is 2.28. The van der Waals surface area contributed by atoms with Gasteiger partial charge in [-0.3, -0.25) is 4.90 Å². The molecule has 1 rings (SSSR count). The van der Waals surface area contributed by atoms with Crippen LogP contribution < -0.4 is 5.73 Å². The minimum atomic E-state index is 0.148. The van der Waals surface area contributed by atoms with E-state index in [-0.39, 0.29) is 5.41 Å². The number of hydrogen-bond donors (Lipinski definition) is 1. The number of halogens is 1. The van der Waals surface area contributed by atoms with E-state index in [0.29, 0.717) is 12.6 Å². The van der Waals surface area contributed by atoms with Crippen molar-refractivity contribution in [3.8, 4) is 0 Å². The summed E-state index contributed by atoms with van der Waals surface area (Å²) >= 11 is 5.89. The third-order valence-electron chi connectivity index (χ3n) is 3.24. The lowest BCUT2D eigenvalue weighted by Crippen LogP contribution is -2.37. The molecule has 0 aliphatic rings. The van der Waals surface area contributed by atoms with E-state index >= 15 is 0 Å². The predicted molar refractivity (Wildman–Crippen MR) is 75.3 cm³/mol. The van der Waals surface area contributed by atoms with Gasteiger partial charge in [0.15, 0.2) is 0 Å². The molecule has 0 aromatic heterocycles. The van der Waals surface area contributed by atoms with Gasteiger partial charge in [-0.1, -0.05) is 37.6 Å². The van der Waals surface area contributed by atoms with Gasteiger partial charge >= 0.3 is 0 Å². The summed E-state index contributed by atoms with van der Waals surface area (Å²) in [6, 6.07) is 8.42. The fraction of sp³-hybridized carbons (Fsp3) is 0.571.